The number of benzene rings is 4. The van der Waals surface area contributed by atoms with E-state index in [1.165, 1.54) is 9.36 Å². The van der Waals surface area contributed by atoms with Crippen molar-refractivity contribution in [3.8, 4) is 22.7 Å². The van der Waals surface area contributed by atoms with Crippen molar-refractivity contribution >= 4 is 17.6 Å². The Balaban J connectivity index is 1.26. The summed E-state index contributed by atoms with van der Waals surface area (Å²) in [5.41, 5.74) is 4.51. The van der Waals surface area contributed by atoms with Crippen LogP contribution < -0.4 is 11.1 Å². The molecule has 0 aliphatic heterocycles. The summed E-state index contributed by atoms with van der Waals surface area (Å²) < 4.78 is 14.9. The van der Waals surface area contributed by atoms with Crippen LogP contribution in [0.3, 0.4) is 0 Å². The van der Waals surface area contributed by atoms with E-state index in [2.05, 4.69) is 10.2 Å². The molecule has 9 nitrogen and oxygen atoms in total. The Labute approximate surface area is 286 Å². The van der Waals surface area contributed by atoms with E-state index in [4.69, 9.17) is 20.8 Å². The summed E-state index contributed by atoms with van der Waals surface area (Å²) in [4.78, 5) is 41.0. The van der Waals surface area contributed by atoms with Gasteiger partial charge in [-0.2, -0.15) is 0 Å². The number of hydrogen-bond acceptors (Lipinski definition) is 5. The van der Waals surface area contributed by atoms with Gasteiger partial charge in [0.1, 0.15) is 18.1 Å². The fraction of sp³-hybridized carbons (Fsp3) is 0.103. The number of aromatic nitrogens is 4. The Kier molecular flexibility index (Phi) is 8.50. The molecule has 0 bridgehead atoms. The summed E-state index contributed by atoms with van der Waals surface area (Å²) in [6, 6.07) is 36.1. The average Bonchev–Trinajstić information content (AvgIpc) is 3.82. The van der Waals surface area contributed by atoms with Crippen molar-refractivity contribution in [2.45, 2.75) is 26.4 Å². The first-order chi connectivity index (χ1) is 23.8. The molecule has 7 rings (SSSR count). The van der Waals surface area contributed by atoms with Gasteiger partial charge in [-0.15, -0.1) is 0 Å². The number of carbonyl (C=O) groups excluding carboxylic acids is 1. The number of para-hydroxylation sites is 2. The molecule has 2 N–H and O–H groups in total. The summed E-state index contributed by atoms with van der Waals surface area (Å²) in [6.45, 7) is 3.68. The first kappa shape index (κ1) is 31.5. The summed E-state index contributed by atoms with van der Waals surface area (Å²) in [5.74, 6) is -0.404. The Hall–Kier alpha value is -6.06. The lowest BCUT2D eigenvalue weighted by Gasteiger charge is -2.13. The zero-order valence-corrected chi connectivity index (χ0v) is 27.4. The molecule has 0 spiro atoms. The van der Waals surface area contributed by atoms with Crippen LogP contribution in [-0.4, -0.2) is 25.5 Å². The molecule has 0 aliphatic carbocycles. The lowest BCUT2D eigenvalue weighted by molar-refractivity contribution is 0.0473. The number of nitrogens with zero attached hydrogens (tertiary/aromatic N) is 2. The summed E-state index contributed by atoms with van der Waals surface area (Å²) in [6.07, 6.45) is 0. The highest BCUT2D eigenvalue weighted by atomic mass is 35.5. The minimum absolute atomic E-state index is 0.0539. The van der Waals surface area contributed by atoms with Crippen LogP contribution in [-0.2, 0) is 11.3 Å². The fourth-order valence-electron chi connectivity index (χ4n) is 6.02. The van der Waals surface area contributed by atoms with E-state index in [0.717, 1.165) is 0 Å². The molecule has 0 aliphatic rings. The number of H-pyrrole nitrogens is 2. The van der Waals surface area contributed by atoms with Crippen LogP contribution in [0.5, 0.6) is 0 Å². The molecule has 0 unspecified atom stereocenters. The number of rotatable bonds is 9. The Morgan fingerprint density at radius 3 is 1.80 bits per heavy atom. The predicted molar refractivity (Wildman–Crippen MR) is 188 cm³/mol. The fourth-order valence-corrected chi connectivity index (χ4v) is 6.21. The summed E-state index contributed by atoms with van der Waals surface area (Å²) >= 11 is 6.20. The number of halogens is 1. The Morgan fingerprint density at radius 1 is 0.714 bits per heavy atom. The highest BCUT2D eigenvalue weighted by Gasteiger charge is 2.33. The molecule has 0 saturated carbocycles. The Morgan fingerprint density at radius 2 is 1.24 bits per heavy atom. The van der Waals surface area contributed by atoms with Crippen molar-refractivity contribution in [3.05, 3.63) is 186 Å². The quantitative estimate of drug-likeness (QED) is 0.153. The second-order valence-corrected chi connectivity index (χ2v) is 12.0. The second-order valence-electron chi connectivity index (χ2n) is 11.6. The van der Waals surface area contributed by atoms with Gasteiger partial charge in [0.2, 0.25) is 0 Å². The topological polar surface area (TPSA) is 115 Å². The predicted octanol–water partition coefficient (Wildman–Crippen LogP) is 7.71. The molecule has 0 amide bonds. The van der Waals surface area contributed by atoms with Crippen molar-refractivity contribution in [2.24, 2.45) is 0 Å². The SMILES string of the molecule is Cc1[nH]n(-c2ccccc2)c(=O)c1C(c1ccc(-c2ccc(C(=O)OCc3ccccc3Cl)cc2)o1)c1c(C)[nH]n(-c2ccccc2)c1=O. The van der Waals surface area contributed by atoms with Crippen molar-refractivity contribution in [2.75, 3.05) is 0 Å². The second kappa shape index (κ2) is 13.2. The highest BCUT2D eigenvalue weighted by molar-refractivity contribution is 6.31. The maximum absolute atomic E-state index is 14.1. The van der Waals surface area contributed by atoms with E-state index in [-0.39, 0.29) is 17.7 Å². The molecule has 3 aromatic heterocycles. The molecular weight excluding hydrogens is 640 g/mol. The minimum atomic E-state index is -0.838. The molecule has 49 heavy (non-hydrogen) atoms. The highest BCUT2D eigenvalue weighted by Crippen LogP contribution is 2.35. The van der Waals surface area contributed by atoms with Crippen LogP contribution in [0.25, 0.3) is 22.7 Å². The van der Waals surface area contributed by atoms with Crippen LogP contribution in [0.4, 0.5) is 0 Å². The van der Waals surface area contributed by atoms with E-state index < -0.39 is 11.9 Å². The lowest BCUT2D eigenvalue weighted by Crippen LogP contribution is -2.25. The molecule has 0 fully saturated rings. The van der Waals surface area contributed by atoms with Crippen LogP contribution >= 0.6 is 11.6 Å². The first-order valence-electron chi connectivity index (χ1n) is 15.6. The number of nitrogens with one attached hydrogen (secondary N) is 2. The molecule has 3 heterocycles. The van der Waals surface area contributed by atoms with E-state index in [1.807, 2.05) is 86.6 Å². The first-order valence-corrected chi connectivity index (χ1v) is 16.0. The average molecular weight is 671 g/mol. The zero-order chi connectivity index (χ0) is 34.1. The number of carbonyl (C=O) groups is 1. The normalized spacial score (nSPS) is 11.3. The number of furan rings is 1. The number of aryl methyl sites for hydroxylation is 2. The van der Waals surface area contributed by atoms with Gasteiger partial charge in [0.25, 0.3) is 11.1 Å². The van der Waals surface area contributed by atoms with Crippen molar-refractivity contribution in [3.63, 3.8) is 0 Å². The molecule has 0 atom stereocenters. The van der Waals surface area contributed by atoms with Gasteiger partial charge < -0.3 is 9.15 Å². The number of ether oxygens (including phenoxy) is 1. The van der Waals surface area contributed by atoms with Crippen molar-refractivity contribution in [1.82, 2.24) is 19.6 Å². The summed E-state index contributed by atoms with van der Waals surface area (Å²) in [5, 5.41) is 6.92. The van der Waals surface area contributed by atoms with Gasteiger partial charge in [0, 0.05) is 27.5 Å². The molecule has 0 saturated heterocycles. The van der Waals surface area contributed by atoms with E-state index in [9.17, 15) is 14.4 Å². The molecule has 244 valence electrons. The number of aromatic amines is 2. The van der Waals surface area contributed by atoms with Gasteiger partial charge in [-0.05, 0) is 68.4 Å². The standard InChI is InChI=1S/C39H31ClN4O5/c1-24-34(37(45)43(41-24)29-12-5-3-6-13-29)36(35-25(2)42-44(38(35)46)30-14-7-4-8-15-30)33-22-21-32(49-33)26-17-19-27(20-18-26)39(47)48-23-28-11-9-10-16-31(28)40/h3-22,36,41-42H,23H2,1-2H3. The van der Waals surface area contributed by atoms with E-state index in [0.29, 0.717) is 67.1 Å². The van der Waals surface area contributed by atoms with E-state index >= 15 is 0 Å². The van der Waals surface area contributed by atoms with Gasteiger partial charge >= 0.3 is 5.97 Å². The molecule has 10 heteroatoms. The van der Waals surface area contributed by atoms with Gasteiger partial charge in [-0.1, -0.05) is 78.3 Å². The third-order valence-electron chi connectivity index (χ3n) is 8.47. The van der Waals surface area contributed by atoms with Gasteiger partial charge in [0.15, 0.2) is 0 Å². The van der Waals surface area contributed by atoms with Crippen molar-refractivity contribution in [1.29, 1.82) is 0 Å². The van der Waals surface area contributed by atoms with Crippen molar-refractivity contribution < 1.29 is 13.9 Å². The summed E-state index contributed by atoms with van der Waals surface area (Å²) in [7, 11) is 0. The Bertz CT molecular complexity index is 2280. The third-order valence-corrected chi connectivity index (χ3v) is 8.84. The number of esters is 1. The molecule has 7 aromatic rings. The largest absolute Gasteiger partial charge is 0.460 e. The van der Waals surface area contributed by atoms with Crippen LogP contribution in [0.2, 0.25) is 5.02 Å². The smallest absolute Gasteiger partial charge is 0.338 e. The molecule has 0 radical (unpaired) electrons. The molecular formula is C39H31ClN4O5. The monoisotopic (exact) mass is 670 g/mol. The van der Waals surface area contributed by atoms with Crippen LogP contribution in [0.1, 0.15) is 50.1 Å². The lowest BCUT2D eigenvalue weighted by atomic mass is 9.89. The zero-order valence-electron chi connectivity index (χ0n) is 26.6. The van der Waals surface area contributed by atoms with Gasteiger partial charge in [-0.3, -0.25) is 19.8 Å². The van der Waals surface area contributed by atoms with Crippen LogP contribution in [0.15, 0.2) is 135 Å². The maximum Gasteiger partial charge on any atom is 0.338 e. The minimum Gasteiger partial charge on any atom is -0.460 e. The van der Waals surface area contributed by atoms with Gasteiger partial charge in [0.05, 0.1) is 34.0 Å². The van der Waals surface area contributed by atoms with E-state index in [1.54, 1.807) is 48.5 Å². The molecule has 4 aromatic carbocycles. The van der Waals surface area contributed by atoms with Gasteiger partial charge in [-0.25, -0.2) is 14.2 Å². The third kappa shape index (κ3) is 6.08. The maximum atomic E-state index is 14.1. The van der Waals surface area contributed by atoms with Crippen LogP contribution in [0, 0.1) is 13.8 Å². The number of hydrogen-bond donors (Lipinski definition) is 2.